The lowest BCUT2D eigenvalue weighted by Gasteiger charge is -2.26. The van der Waals surface area contributed by atoms with Crippen molar-refractivity contribution in [3.63, 3.8) is 0 Å². The van der Waals surface area contributed by atoms with Crippen molar-refractivity contribution in [2.45, 2.75) is 27.7 Å². The molecule has 84 valence electrons. The van der Waals surface area contributed by atoms with E-state index in [0.29, 0.717) is 5.76 Å². The highest BCUT2D eigenvalue weighted by Crippen LogP contribution is 2.22. The van der Waals surface area contributed by atoms with Crippen molar-refractivity contribution >= 4 is 11.7 Å². The Bertz CT molecular complexity index is 347. The molecule has 0 aliphatic heterocycles. The van der Waals surface area contributed by atoms with Gasteiger partial charge in [0.2, 0.25) is 0 Å². The van der Waals surface area contributed by atoms with Gasteiger partial charge in [-0.15, -0.1) is 0 Å². The number of nitrogens with zero attached hydrogens (tertiary/aromatic N) is 1. The van der Waals surface area contributed by atoms with Gasteiger partial charge in [-0.05, 0) is 11.5 Å². The Kier molecular flexibility index (Phi) is 3.22. The highest BCUT2D eigenvalue weighted by molar-refractivity contribution is 5.91. The molecule has 0 spiro atoms. The van der Waals surface area contributed by atoms with E-state index in [9.17, 15) is 4.79 Å². The summed E-state index contributed by atoms with van der Waals surface area (Å²) in [4.78, 5) is 13.1. The summed E-state index contributed by atoms with van der Waals surface area (Å²) in [5, 5.41) is 0. The van der Waals surface area contributed by atoms with Crippen LogP contribution in [0.4, 0.5) is 5.88 Å². The second-order valence-electron chi connectivity index (χ2n) is 5.11. The van der Waals surface area contributed by atoms with E-state index in [2.05, 4.69) is 20.8 Å². The fourth-order valence-electron chi connectivity index (χ4n) is 1.51. The van der Waals surface area contributed by atoms with Gasteiger partial charge in [-0.1, -0.05) is 20.8 Å². The Morgan fingerprint density at radius 3 is 2.40 bits per heavy atom. The summed E-state index contributed by atoms with van der Waals surface area (Å²) in [6.07, 6.45) is 0. The van der Waals surface area contributed by atoms with E-state index in [4.69, 9.17) is 4.42 Å². The van der Waals surface area contributed by atoms with Crippen LogP contribution in [0.1, 0.15) is 38.2 Å². The minimum Gasteiger partial charge on any atom is -0.437 e. The van der Waals surface area contributed by atoms with Gasteiger partial charge in [0, 0.05) is 26.6 Å². The van der Waals surface area contributed by atoms with Crippen LogP contribution >= 0.6 is 0 Å². The molecule has 1 aromatic heterocycles. The molecule has 0 amide bonds. The number of carbonyl (C=O) groups is 1. The minimum atomic E-state index is -0.0367. The number of anilines is 1. The van der Waals surface area contributed by atoms with Crippen molar-refractivity contribution in [1.29, 1.82) is 0 Å². The SMILES string of the molecule is CC(=O)c1ccc(N(C)CC(C)(C)C)o1. The van der Waals surface area contributed by atoms with Gasteiger partial charge in [-0.2, -0.15) is 0 Å². The third kappa shape index (κ3) is 3.42. The molecule has 0 fully saturated rings. The summed E-state index contributed by atoms with van der Waals surface area (Å²) in [5.74, 6) is 1.13. The summed E-state index contributed by atoms with van der Waals surface area (Å²) in [6, 6.07) is 3.55. The summed E-state index contributed by atoms with van der Waals surface area (Å²) in [6.45, 7) is 8.89. The highest BCUT2D eigenvalue weighted by atomic mass is 16.4. The van der Waals surface area contributed by atoms with Gasteiger partial charge < -0.3 is 9.32 Å². The molecule has 0 atom stereocenters. The zero-order valence-corrected chi connectivity index (χ0v) is 10.1. The minimum absolute atomic E-state index is 0.0367. The molecule has 0 aliphatic carbocycles. The molecule has 0 aliphatic rings. The molecule has 0 saturated carbocycles. The van der Waals surface area contributed by atoms with Crippen LogP contribution in [0.25, 0.3) is 0 Å². The molecule has 0 unspecified atom stereocenters. The van der Waals surface area contributed by atoms with Gasteiger partial charge in [-0.25, -0.2) is 0 Å². The molecule has 1 heterocycles. The van der Waals surface area contributed by atoms with Crippen LogP contribution in [0, 0.1) is 5.41 Å². The molecule has 0 bridgehead atoms. The van der Waals surface area contributed by atoms with E-state index in [0.717, 1.165) is 12.4 Å². The molecular weight excluding hydrogens is 190 g/mol. The fraction of sp³-hybridized carbons (Fsp3) is 0.583. The van der Waals surface area contributed by atoms with Crippen LogP contribution in [0.5, 0.6) is 0 Å². The quantitative estimate of drug-likeness (QED) is 0.717. The lowest BCUT2D eigenvalue weighted by Crippen LogP contribution is -2.28. The van der Waals surface area contributed by atoms with Gasteiger partial charge in [0.25, 0.3) is 0 Å². The first-order valence-electron chi connectivity index (χ1n) is 5.11. The number of rotatable bonds is 3. The summed E-state index contributed by atoms with van der Waals surface area (Å²) in [7, 11) is 1.97. The van der Waals surface area contributed by atoms with E-state index in [1.165, 1.54) is 6.92 Å². The van der Waals surface area contributed by atoms with Crippen molar-refractivity contribution in [3.05, 3.63) is 17.9 Å². The lowest BCUT2D eigenvalue weighted by molar-refractivity contribution is 0.0988. The highest BCUT2D eigenvalue weighted by Gasteiger charge is 2.16. The molecule has 1 rings (SSSR count). The van der Waals surface area contributed by atoms with Crippen LogP contribution in [0.15, 0.2) is 16.5 Å². The maximum Gasteiger partial charge on any atom is 0.196 e. The van der Waals surface area contributed by atoms with Crippen molar-refractivity contribution in [3.8, 4) is 0 Å². The van der Waals surface area contributed by atoms with Gasteiger partial charge >= 0.3 is 0 Å². The third-order valence-electron chi connectivity index (χ3n) is 2.03. The average Bonchev–Trinajstić information content (AvgIpc) is 2.47. The van der Waals surface area contributed by atoms with Crippen LogP contribution < -0.4 is 4.90 Å². The Morgan fingerprint density at radius 2 is 2.00 bits per heavy atom. The van der Waals surface area contributed by atoms with Gasteiger partial charge in [0.15, 0.2) is 17.4 Å². The number of furan rings is 1. The second-order valence-corrected chi connectivity index (χ2v) is 5.11. The standard InChI is InChI=1S/C12H19NO2/c1-9(14)10-6-7-11(15-10)13(5)8-12(2,3)4/h6-7H,8H2,1-5H3. The second kappa shape index (κ2) is 4.09. The van der Waals surface area contributed by atoms with Crippen LogP contribution in [0.3, 0.4) is 0 Å². The van der Waals surface area contributed by atoms with Crippen LogP contribution in [0.2, 0.25) is 0 Å². The molecular formula is C12H19NO2. The van der Waals surface area contributed by atoms with Crippen molar-refractivity contribution in [2.24, 2.45) is 5.41 Å². The lowest BCUT2D eigenvalue weighted by atomic mass is 9.96. The van der Waals surface area contributed by atoms with Crippen molar-refractivity contribution in [1.82, 2.24) is 0 Å². The first-order valence-corrected chi connectivity index (χ1v) is 5.11. The maximum atomic E-state index is 11.1. The fourth-order valence-corrected chi connectivity index (χ4v) is 1.51. The normalized spacial score (nSPS) is 11.5. The van der Waals surface area contributed by atoms with E-state index >= 15 is 0 Å². The van der Waals surface area contributed by atoms with E-state index < -0.39 is 0 Å². The first kappa shape index (κ1) is 11.8. The number of hydrogen-bond acceptors (Lipinski definition) is 3. The Labute approximate surface area is 91.1 Å². The first-order chi connectivity index (χ1) is 6.79. The average molecular weight is 209 g/mol. The summed E-state index contributed by atoms with van der Waals surface area (Å²) in [5.41, 5.74) is 0.206. The van der Waals surface area contributed by atoms with Crippen molar-refractivity contribution in [2.75, 3.05) is 18.5 Å². The summed E-state index contributed by atoms with van der Waals surface area (Å²) < 4.78 is 5.43. The number of ketones is 1. The largest absolute Gasteiger partial charge is 0.437 e. The molecule has 0 saturated heterocycles. The van der Waals surface area contributed by atoms with E-state index in [1.807, 2.05) is 18.0 Å². The van der Waals surface area contributed by atoms with E-state index in [1.54, 1.807) is 6.07 Å². The predicted molar refractivity (Wildman–Crippen MR) is 61.4 cm³/mol. The number of carbonyl (C=O) groups excluding carboxylic acids is 1. The Hall–Kier alpha value is -1.25. The summed E-state index contributed by atoms with van der Waals surface area (Å²) >= 11 is 0. The van der Waals surface area contributed by atoms with Crippen molar-refractivity contribution < 1.29 is 9.21 Å². The predicted octanol–water partition coefficient (Wildman–Crippen LogP) is 2.96. The van der Waals surface area contributed by atoms with Gasteiger partial charge in [0.1, 0.15) is 0 Å². The Morgan fingerprint density at radius 1 is 1.40 bits per heavy atom. The molecule has 0 aromatic carbocycles. The third-order valence-corrected chi connectivity index (χ3v) is 2.03. The molecule has 15 heavy (non-hydrogen) atoms. The number of Topliss-reactive ketones (excluding diaryl/α,β-unsaturated/α-hetero) is 1. The van der Waals surface area contributed by atoms with Crippen LogP contribution in [-0.4, -0.2) is 19.4 Å². The molecule has 0 radical (unpaired) electrons. The number of hydrogen-bond donors (Lipinski definition) is 0. The zero-order valence-electron chi connectivity index (χ0n) is 10.1. The van der Waals surface area contributed by atoms with Gasteiger partial charge in [0.05, 0.1) is 0 Å². The molecule has 3 heteroatoms. The molecule has 3 nitrogen and oxygen atoms in total. The maximum absolute atomic E-state index is 11.1. The molecule has 0 N–H and O–H groups in total. The van der Waals surface area contributed by atoms with E-state index in [-0.39, 0.29) is 11.2 Å². The van der Waals surface area contributed by atoms with Gasteiger partial charge in [-0.3, -0.25) is 4.79 Å². The smallest absolute Gasteiger partial charge is 0.196 e. The molecule has 1 aromatic rings. The zero-order chi connectivity index (χ0) is 11.6. The monoisotopic (exact) mass is 209 g/mol. The topological polar surface area (TPSA) is 33.5 Å². The Balaban J connectivity index is 2.74. The van der Waals surface area contributed by atoms with Crippen LogP contribution in [-0.2, 0) is 0 Å².